The highest BCUT2D eigenvalue weighted by atomic mass is 127. The third-order valence-corrected chi connectivity index (χ3v) is 5.56. The van der Waals surface area contributed by atoms with E-state index >= 15 is 0 Å². The van der Waals surface area contributed by atoms with E-state index in [0.717, 1.165) is 53.5 Å². The maximum atomic E-state index is 6.35. The zero-order valence-electron chi connectivity index (χ0n) is 19.0. The third kappa shape index (κ3) is 5.59. The predicted octanol–water partition coefficient (Wildman–Crippen LogP) is 3.11. The molecule has 33 heavy (non-hydrogen) atoms. The van der Waals surface area contributed by atoms with Crippen LogP contribution in [-0.2, 0) is 0 Å². The molecule has 0 aliphatic carbocycles. The van der Waals surface area contributed by atoms with Gasteiger partial charge in [-0.15, -0.1) is 0 Å². The Morgan fingerprint density at radius 1 is 1.00 bits per heavy atom. The van der Waals surface area contributed by atoms with Crippen LogP contribution in [0, 0.1) is 0 Å². The quantitative estimate of drug-likeness (QED) is 0.372. The molecular weight excluding hydrogens is 529 g/mol. The summed E-state index contributed by atoms with van der Waals surface area (Å²) in [5.74, 6) is 2.61. The number of rotatable bonds is 6. The molecular formula is C26H30IN3O3. The maximum Gasteiger partial charge on any atom is 0.258 e. The van der Waals surface area contributed by atoms with Gasteiger partial charge in [0.2, 0.25) is 0 Å². The van der Waals surface area contributed by atoms with Gasteiger partial charge in [0.1, 0.15) is 6.26 Å². The number of ether oxygens (including phenoxy) is 2. The first kappa shape index (κ1) is 24.9. The van der Waals surface area contributed by atoms with Gasteiger partial charge in [-0.3, -0.25) is 0 Å². The minimum Gasteiger partial charge on any atom is -1.00 e. The fourth-order valence-electron chi connectivity index (χ4n) is 4.33. The lowest BCUT2D eigenvalue weighted by Crippen LogP contribution is -3.00. The number of aromatic nitrogens is 1. The van der Waals surface area contributed by atoms with E-state index in [1.807, 2.05) is 42.5 Å². The molecule has 2 aliphatic rings. The van der Waals surface area contributed by atoms with Crippen LogP contribution in [0.15, 0.2) is 95.9 Å². The predicted molar refractivity (Wildman–Crippen MR) is 127 cm³/mol. The summed E-state index contributed by atoms with van der Waals surface area (Å²) in [7, 11) is 0. The van der Waals surface area contributed by atoms with E-state index in [9.17, 15) is 0 Å². The van der Waals surface area contributed by atoms with E-state index in [4.69, 9.17) is 9.47 Å². The average Bonchev–Trinajstić information content (AvgIpc) is 3.56. The molecule has 7 heteroatoms. The number of allylic oxidation sites excluding steroid dienone is 2. The van der Waals surface area contributed by atoms with Gasteiger partial charge in [0.05, 0.1) is 25.0 Å². The number of nitrogens with one attached hydrogen (secondary N) is 1. The molecule has 0 radical (unpaired) electrons. The fourth-order valence-corrected chi connectivity index (χ4v) is 4.33. The summed E-state index contributed by atoms with van der Waals surface area (Å²) >= 11 is 0. The summed E-state index contributed by atoms with van der Waals surface area (Å²) < 4.78 is 17.5. The molecule has 1 N–H and O–H groups in total. The first-order valence-electron chi connectivity index (χ1n) is 11.1. The first-order chi connectivity index (χ1) is 15.8. The van der Waals surface area contributed by atoms with Crippen molar-refractivity contribution < 1.29 is 37.9 Å². The molecule has 0 spiro atoms. The lowest BCUT2D eigenvalue weighted by molar-refractivity contribution is -0.00000806. The van der Waals surface area contributed by atoms with Crippen molar-refractivity contribution in [1.82, 2.24) is 9.47 Å². The minimum absolute atomic E-state index is 0. The molecule has 1 unspecified atom stereocenters. The van der Waals surface area contributed by atoms with Crippen molar-refractivity contribution in [2.45, 2.75) is 32.9 Å². The second-order valence-electron chi connectivity index (χ2n) is 7.77. The van der Waals surface area contributed by atoms with Gasteiger partial charge in [-0.1, -0.05) is 44.2 Å². The second-order valence-corrected chi connectivity index (χ2v) is 7.77. The number of nitrogens with zero attached hydrogens (tertiary/aromatic N) is 2. The van der Waals surface area contributed by atoms with Crippen LogP contribution in [0.5, 0.6) is 11.5 Å². The summed E-state index contributed by atoms with van der Waals surface area (Å²) in [6.07, 6.45) is 12.9. The van der Waals surface area contributed by atoms with Crippen molar-refractivity contribution in [3.8, 4) is 11.5 Å². The largest absolute Gasteiger partial charge is 1.00 e. The van der Waals surface area contributed by atoms with Crippen molar-refractivity contribution >= 4 is 11.4 Å². The summed E-state index contributed by atoms with van der Waals surface area (Å²) in [6, 6.07) is 16.4. The average molecular weight is 559 g/mol. The molecule has 3 aromatic rings. The Hall–Kier alpha value is -2.78. The maximum absolute atomic E-state index is 6.35. The van der Waals surface area contributed by atoms with Gasteiger partial charge < -0.3 is 43.2 Å². The van der Waals surface area contributed by atoms with E-state index in [2.05, 4.69) is 52.8 Å². The van der Waals surface area contributed by atoms with E-state index in [1.54, 1.807) is 6.20 Å². The van der Waals surface area contributed by atoms with Crippen LogP contribution in [0.25, 0.3) is 0 Å². The van der Waals surface area contributed by atoms with Gasteiger partial charge in [0.15, 0.2) is 29.5 Å². The number of para-hydroxylation sites is 4. The molecule has 1 aromatic heterocycles. The Balaban J connectivity index is 0.000000453. The fraction of sp³-hybridized carbons (Fsp3) is 0.269. The van der Waals surface area contributed by atoms with Crippen LogP contribution in [0.4, 0.5) is 11.4 Å². The van der Waals surface area contributed by atoms with Crippen LogP contribution in [0.1, 0.15) is 26.7 Å². The highest BCUT2D eigenvalue weighted by Crippen LogP contribution is 2.43. The van der Waals surface area contributed by atoms with Gasteiger partial charge in [-0.25, -0.2) is 9.47 Å². The van der Waals surface area contributed by atoms with Crippen LogP contribution in [0.2, 0.25) is 0 Å². The van der Waals surface area contributed by atoms with Crippen molar-refractivity contribution in [3.05, 3.63) is 91.5 Å². The zero-order chi connectivity index (χ0) is 22.2. The normalized spacial score (nSPS) is 18.2. The molecule has 1 atom stereocenters. The van der Waals surface area contributed by atoms with Gasteiger partial charge in [-0.2, -0.15) is 0 Å². The number of fused-ring (bicyclic) bond motifs is 2. The van der Waals surface area contributed by atoms with Crippen molar-refractivity contribution in [2.24, 2.45) is 0 Å². The Labute approximate surface area is 212 Å². The lowest BCUT2D eigenvalue weighted by Gasteiger charge is -2.36. The van der Waals surface area contributed by atoms with E-state index in [1.165, 1.54) is 18.3 Å². The monoisotopic (exact) mass is 559 g/mol. The summed E-state index contributed by atoms with van der Waals surface area (Å²) in [4.78, 5) is 3.56. The second kappa shape index (κ2) is 11.9. The molecule has 2 aromatic carbocycles. The molecule has 5 rings (SSSR count). The third-order valence-electron chi connectivity index (χ3n) is 5.56. The zero-order valence-corrected chi connectivity index (χ0v) is 21.1. The van der Waals surface area contributed by atoms with Crippen LogP contribution < -0.4 is 43.3 Å². The molecule has 0 saturated heterocycles. The van der Waals surface area contributed by atoms with Gasteiger partial charge >= 0.3 is 0 Å². The van der Waals surface area contributed by atoms with Gasteiger partial charge in [-0.05, 0) is 37.1 Å². The van der Waals surface area contributed by atoms with Crippen molar-refractivity contribution in [2.75, 3.05) is 18.4 Å². The Morgan fingerprint density at radius 3 is 2.36 bits per heavy atom. The van der Waals surface area contributed by atoms with Crippen LogP contribution in [-0.4, -0.2) is 24.3 Å². The molecule has 174 valence electrons. The Morgan fingerprint density at radius 2 is 1.73 bits per heavy atom. The highest BCUT2D eigenvalue weighted by Gasteiger charge is 2.46. The summed E-state index contributed by atoms with van der Waals surface area (Å²) in [6.45, 7) is 6.62. The van der Waals surface area contributed by atoms with Crippen molar-refractivity contribution in [3.63, 3.8) is 0 Å². The van der Waals surface area contributed by atoms with E-state index in [-0.39, 0.29) is 30.2 Å². The number of anilines is 1. The summed E-state index contributed by atoms with van der Waals surface area (Å²) in [5, 5.41) is 3.29. The smallest absolute Gasteiger partial charge is 0.258 e. The number of halogens is 1. The standard InChI is InChI=1S/C23H27N2O2.C3H3NO.HI/c1-3-16-25(17-4-2)19-11-6-8-13-21(19)27-23(25)15-9-14-22-24-18-10-5-7-12-20(18)26-22;1-2-5-3-4-1;/h5-15,23-24H,3-4,16-17H2,1-2H3;1-3H;1H/q+1;;/p-1. The van der Waals surface area contributed by atoms with Crippen LogP contribution in [0.3, 0.4) is 0 Å². The van der Waals surface area contributed by atoms with E-state index in [0.29, 0.717) is 0 Å². The highest BCUT2D eigenvalue weighted by molar-refractivity contribution is 5.64. The summed E-state index contributed by atoms with van der Waals surface area (Å²) in [5.41, 5.74) is 2.30. The molecule has 2 aliphatic heterocycles. The van der Waals surface area contributed by atoms with Crippen molar-refractivity contribution in [1.29, 1.82) is 0 Å². The SMILES string of the molecule is CCC[N+]1(CCC)c2ccccc2OC1C=CC=C1Nc2ccccc2O1.[I-].c1cocn1. The lowest BCUT2D eigenvalue weighted by atomic mass is 10.1. The van der Waals surface area contributed by atoms with E-state index < -0.39 is 0 Å². The molecule has 6 nitrogen and oxygen atoms in total. The number of oxazole rings is 1. The van der Waals surface area contributed by atoms with Crippen LogP contribution >= 0.6 is 0 Å². The number of benzene rings is 2. The molecule has 0 amide bonds. The molecule has 3 heterocycles. The Kier molecular flexibility index (Phi) is 8.96. The number of hydrogen-bond donors (Lipinski definition) is 1. The minimum atomic E-state index is -0.0112. The van der Waals surface area contributed by atoms with Gasteiger partial charge in [0, 0.05) is 12.1 Å². The molecule has 0 fully saturated rings. The molecule has 0 saturated carbocycles. The number of quaternary nitrogens is 1. The topological polar surface area (TPSA) is 56.5 Å². The first-order valence-corrected chi connectivity index (χ1v) is 11.1. The Bertz CT molecular complexity index is 1020. The number of hydrogen-bond acceptors (Lipinski definition) is 5. The van der Waals surface area contributed by atoms with Gasteiger partial charge in [0.25, 0.3) is 6.23 Å². The molecule has 0 bridgehead atoms.